The summed E-state index contributed by atoms with van der Waals surface area (Å²) in [5.74, 6) is 1.65. The molecule has 0 spiro atoms. The monoisotopic (exact) mass is 182 g/mol. The van der Waals surface area contributed by atoms with Gasteiger partial charge in [0.15, 0.2) is 0 Å². The van der Waals surface area contributed by atoms with Gasteiger partial charge in [0.25, 0.3) is 0 Å². The zero-order valence-corrected chi connectivity index (χ0v) is 8.42. The average Bonchev–Trinajstić information content (AvgIpc) is 2.61. The smallest absolute Gasteiger partial charge is 0.239 e. The molecule has 1 saturated carbocycles. The van der Waals surface area contributed by atoms with Gasteiger partial charge in [-0.25, -0.2) is 0 Å². The van der Waals surface area contributed by atoms with Gasteiger partial charge in [-0.15, -0.1) is 0 Å². The molecular weight excluding hydrogens is 164 g/mol. The number of hydrogen-bond acceptors (Lipinski definition) is 2. The van der Waals surface area contributed by atoms with Crippen LogP contribution in [0.15, 0.2) is 0 Å². The SMILES string of the molecule is CN(C)C(=O)C1NCC2CCCC21. The van der Waals surface area contributed by atoms with Crippen molar-refractivity contribution >= 4 is 5.91 Å². The molecular formula is C10H18N2O. The summed E-state index contributed by atoms with van der Waals surface area (Å²) in [7, 11) is 3.68. The first-order chi connectivity index (χ1) is 6.20. The van der Waals surface area contributed by atoms with Crippen LogP contribution < -0.4 is 5.32 Å². The summed E-state index contributed by atoms with van der Waals surface area (Å²) >= 11 is 0. The third kappa shape index (κ3) is 1.46. The maximum atomic E-state index is 11.8. The third-order valence-electron chi connectivity index (χ3n) is 3.45. The van der Waals surface area contributed by atoms with Gasteiger partial charge in [-0.05, 0) is 31.2 Å². The van der Waals surface area contributed by atoms with E-state index in [1.807, 2.05) is 14.1 Å². The molecule has 1 saturated heterocycles. The van der Waals surface area contributed by atoms with E-state index < -0.39 is 0 Å². The summed E-state index contributed by atoms with van der Waals surface area (Å²) in [5, 5.41) is 3.35. The Morgan fingerprint density at radius 3 is 2.85 bits per heavy atom. The molecule has 0 aromatic rings. The summed E-state index contributed by atoms with van der Waals surface area (Å²) < 4.78 is 0. The molecule has 0 radical (unpaired) electrons. The standard InChI is InChI=1S/C10H18N2O/c1-12(2)10(13)9-8-5-3-4-7(8)6-11-9/h7-9,11H,3-6H2,1-2H3. The lowest BCUT2D eigenvalue weighted by Gasteiger charge is -2.21. The van der Waals surface area contributed by atoms with Crippen LogP contribution in [-0.4, -0.2) is 37.5 Å². The molecule has 2 rings (SSSR count). The highest BCUT2D eigenvalue weighted by atomic mass is 16.2. The predicted octanol–water partition coefficient (Wildman–Crippen LogP) is 0.463. The van der Waals surface area contributed by atoms with Crippen LogP contribution in [0.5, 0.6) is 0 Å². The Morgan fingerprint density at radius 1 is 1.38 bits per heavy atom. The number of hydrogen-bond donors (Lipinski definition) is 1. The first-order valence-corrected chi connectivity index (χ1v) is 5.14. The van der Waals surface area contributed by atoms with Crippen molar-refractivity contribution in [1.29, 1.82) is 0 Å². The molecule has 0 bridgehead atoms. The van der Waals surface area contributed by atoms with Crippen LogP contribution in [0.2, 0.25) is 0 Å². The lowest BCUT2D eigenvalue weighted by molar-refractivity contribution is -0.131. The second-order valence-electron chi connectivity index (χ2n) is 4.47. The molecule has 0 aromatic heterocycles. The topological polar surface area (TPSA) is 32.3 Å². The lowest BCUT2D eigenvalue weighted by Crippen LogP contribution is -2.43. The van der Waals surface area contributed by atoms with Crippen LogP contribution in [-0.2, 0) is 4.79 Å². The summed E-state index contributed by atoms with van der Waals surface area (Å²) in [6.45, 7) is 1.05. The Kier molecular flexibility index (Phi) is 2.28. The Hall–Kier alpha value is -0.570. The summed E-state index contributed by atoms with van der Waals surface area (Å²) in [6.07, 6.45) is 3.87. The van der Waals surface area contributed by atoms with Gasteiger partial charge >= 0.3 is 0 Å². The van der Waals surface area contributed by atoms with Crippen LogP contribution >= 0.6 is 0 Å². The Labute approximate surface area is 79.5 Å². The van der Waals surface area contributed by atoms with E-state index in [0.717, 1.165) is 12.5 Å². The Balaban J connectivity index is 2.04. The van der Waals surface area contributed by atoms with Crippen LogP contribution in [0.4, 0.5) is 0 Å². The molecule has 13 heavy (non-hydrogen) atoms. The van der Waals surface area contributed by atoms with Crippen molar-refractivity contribution in [1.82, 2.24) is 10.2 Å². The van der Waals surface area contributed by atoms with Crippen molar-refractivity contribution in [2.75, 3.05) is 20.6 Å². The van der Waals surface area contributed by atoms with E-state index in [9.17, 15) is 4.79 Å². The second-order valence-corrected chi connectivity index (χ2v) is 4.47. The molecule has 2 fully saturated rings. The van der Waals surface area contributed by atoms with Crippen LogP contribution in [0, 0.1) is 11.8 Å². The number of likely N-dealkylation sites (N-methyl/N-ethyl adjacent to an activating group) is 1. The van der Waals surface area contributed by atoms with Gasteiger partial charge in [-0.1, -0.05) is 6.42 Å². The van der Waals surface area contributed by atoms with Crippen molar-refractivity contribution in [3.05, 3.63) is 0 Å². The van der Waals surface area contributed by atoms with Crippen LogP contribution in [0.25, 0.3) is 0 Å². The number of fused-ring (bicyclic) bond motifs is 1. The van der Waals surface area contributed by atoms with Gasteiger partial charge in [0.1, 0.15) is 0 Å². The van der Waals surface area contributed by atoms with Gasteiger partial charge in [-0.3, -0.25) is 4.79 Å². The van der Waals surface area contributed by atoms with E-state index in [2.05, 4.69) is 5.32 Å². The fraction of sp³-hybridized carbons (Fsp3) is 0.900. The zero-order valence-electron chi connectivity index (χ0n) is 8.42. The summed E-state index contributed by atoms with van der Waals surface area (Å²) in [5.41, 5.74) is 0. The van der Waals surface area contributed by atoms with E-state index in [1.54, 1.807) is 4.90 Å². The molecule has 1 aliphatic carbocycles. The summed E-state index contributed by atoms with van der Waals surface area (Å²) in [6, 6.07) is 0.113. The van der Waals surface area contributed by atoms with Crippen LogP contribution in [0.1, 0.15) is 19.3 Å². The van der Waals surface area contributed by atoms with Crippen molar-refractivity contribution < 1.29 is 4.79 Å². The van der Waals surface area contributed by atoms with E-state index in [1.165, 1.54) is 19.3 Å². The highest BCUT2D eigenvalue weighted by Crippen LogP contribution is 2.37. The van der Waals surface area contributed by atoms with Gasteiger partial charge < -0.3 is 10.2 Å². The molecule has 0 aromatic carbocycles. The van der Waals surface area contributed by atoms with Crippen molar-refractivity contribution in [3.63, 3.8) is 0 Å². The first-order valence-electron chi connectivity index (χ1n) is 5.14. The third-order valence-corrected chi connectivity index (χ3v) is 3.45. The molecule has 1 heterocycles. The molecule has 1 amide bonds. The number of nitrogens with one attached hydrogen (secondary N) is 1. The largest absolute Gasteiger partial charge is 0.347 e. The Bertz CT molecular complexity index is 215. The molecule has 3 heteroatoms. The van der Waals surface area contributed by atoms with Gasteiger partial charge in [0.05, 0.1) is 6.04 Å². The molecule has 3 atom stereocenters. The molecule has 1 N–H and O–H groups in total. The summed E-state index contributed by atoms with van der Waals surface area (Å²) in [4.78, 5) is 13.5. The van der Waals surface area contributed by atoms with Gasteiger partial charge in [0.2, 0.25) is 5.91 Å². The van der Waals surface area contributed by atoms with Crippen molar-refractivity contribution in [2.45, 2.75) is 25.3 Å². The van der Waals surface area contributed by atoms with E-state index in [-0.39, 0.29) is 11.9 Å². The molecule has 3 unspecified atom stereocenters. The fourth-order valence-electron chi connectivity index (χ4n) is 2.74. The van der Waals surface area contributed by atoms with Crippen molar-refractivity contribution in [3.8, 4) is 0 Å². The quantitative estimate of drug-likeness (QED) is 0.639. The van der Waals surface area contributed by atoms with Gasteiger partial charge in [-0.2, -0.15) is 0 Å². The molecule has 3 nitrogen and oxygen atoms in total. The maximum Gasteiger partial charge on any atom is 0.239 e. The van der Waals surface area contributed by atoms with E-state index in [4.69, 9.17) is 0 Å². The number of carbonyl (C=O) groups excluding carboxylic acids is 1. The van der Waals surface area contributed by atoms with E-state index >= 15 is 0 Å². The minimum absolute atomic E-state index is 0.113. The highest BCUT2D eigenvalue weighted by Gasteiger charge is 2.42. The normalized spacial score (nSPS) is 37.5. The minimum atomic E-state index is 0.113. The number of rotatable bonds is 1. The fourth-order valence-corrected chi connectivity index (χ4v) is 2.74. The number of nitrogens with zero attached hydrogens (tertiary/aromatic N) is 1. The minimum Gasteiger partial charge on any atom is -0.347 e. The Morgan fingerprint density at radius 2 is 2.15 bits per heavy atom. The molecule has 2 aliphatic rings. The zero-order chi connectivity index (χ0) is 9.42. The highest BCUT2D eigenvalue weighted by molar-refractivity contribution is 5.82. The predicted molar refractivity (Wildman–Crippen MR) is 51.3 cm³/mol. The van der Waals surface area contributed by atoms with Gasteiger partial charge in [0, 0.05) is 14.1 Å². The van der Waals surface area contributed by atoms with Crippen molar-refractivity contribution in [2.24, 2.45) is 11.8 Å². The molecule has 1 aliphatic heterocycles. The number of carbonyl (C=O) groups is 1. The maximum absolute atomic E-state index is 11.8. The number of amides is 1. The first kappa shape index (κ1) is 9.00. The lowest BCUT2D eigenvalue weighted by atomic mass is 9.93. The average molecular weight is 182 g/mol. The van der Waals surface area contributed by atoms with Crippen LogP contribution in [0.3, 0.4) is 0 Å². The second kappa shape index (κ2) is 3.29. The van der Waals surface area contributed by atoms with E-state index in [0.29, 0.717) is 5.92 Å². The molecule has 74 valence electrons.